The van der Waals surface area contributed by atoms with Crippen molar-refractivity contribution in [2.45, 2.75) is 25.8 Å². The molecule has 1 amide bonds. The summed E-state index contributed by atoms with van der Waals surface area (Å²) in [7, 11) is 0. The van der Waals surface area contributed by atoms with Crippen molar-refractivity contribution in [3.05, 3.63) is 27.7 Å². The molecule has 1 rings (SSSR count). The summed E-state index contributed by atoms with van der Waals surface area (Å²) in [4.78, 5) is 12.1. The lowest BCUT2D eigenvalue weighted by molar-refractivity contribution is 0.0847. The number of amides is 1. The molecule has 1 unspecified atom stereocenters. The van der Waals surface area contributed by atoms with Gasteiger partial charge in [-0.2, -0.15) is 0 Å². The summed E-state index contributed by atoms with van der Waals surface area (Å²) in [6.45, 7) is 3.44. The van der Waals surface area contributed by atoms with Gasteiger partial charge in [0, 0.05) is 5.69 Å². The third-order valence-corrected chi connectivity index (χ3v) is 3.64. The Morgan fingerprint density at radius 2 is 2.11 bits per heavy atom. The predicted octanol–water partition coefficient (Wildman–Crippen LogP) is 2.47. The molecule has 0 saturated carbocycles. The highest BCUT2D eigenvalue weighted by Crippen LogP contribution is 2.29. The molecule has 18 heavy (non-hydrogen) atoms. The van der Waals surface area contributed by atoms with Gasteiger partial charge in [-0.15, -0.1) is 0 Å². The summed E-state index contributed by atoms with van der Waals surface area (Å²) in [6, 6.07) is 2.93. The van der Waals surface area contributed by atoms with Gasteiger partial charge >= 0.3 is 0 Å². The van der Waals surface area contributed by atoms with E-state index in [-0.39, 0.29) is 22.2 Å². The molecular weight excluding hydrogens is 275 g/mol. The van der Waals surface area contributed by atoms with E-state index in [0.29, 0.717) is 12.1 Å². The first-order valence-electron chi connectivity index (χ1n) is 5.51. The topological polar surface area (TPSA) is 75.3 Å². The van der Waals surface area contributed by atoms with Gasteiger partial charge < -0.3 is 16.2 Å². The maximum absolute atomic E-state index is 12.1. The minimum Gasteiger partial charge on any atom is -0.399 e. The number of hydrogen-bond acceptors (Lipinski definition) is 3. The van der Waals surface area contributed by atoms with Crippen LogP contribution in [0.25, 0.3) is 0 Å². The van der Waals surface area contributed by atoms with Crippen molar-refractivity contribution in [3.63, 3.8) is 0 Å². The standard InChI is InChI=1S/C12H16Cl2N2O2/c1-3-12(2,6-17)16-11(18)8-4-7(15)5-9(13)10(8)14/h4-5,17H,3,6,15H2,1-2H3,(H,16,18). The fraction of sp³-hybridized carbons (Fsp3) is 0.417. The summed E-state index contributed by atoms with van der Waals surface area (Å²) in [6.07, 6.45) is 0.586. The van der Waals surface area contributed by atoms with Crippen LogP contribution in [0.4, 0.5) is 5.69 Å². The summed E-state index contributed by atoms with van der Waals surface area (Å²) in [5.74, 6) is -0.410. The Bertz CT molecular complexity index is 460. The zero-order valence-corrected chi connectivity index (χ0v) is 11.8. The first-order valence-corrected chi connectivity index (χ1v) is 6.26. The molecule has 0 aromatic heterocycles. The molecule has 4 N–H and O–H groups in total. The largest absolute Gasteiger partial charge is 0.399 e. The number of benzene rings is 1. The van der Waals surface area contributed by atoms with Gasteiger partial charge in [-0.05, 0) is 25.5 Å². The highest BCUT2D eigenvalue weighted by molar-refractivity contribution is 6.44. The van der Waals surface area contributed by atoms with Crippen LogP contribution in [0.15, 0.2) is 12.1 Å². The van der Waals surface area contributed by atoms with Crippen LogP contribution in [0.1, 0.15) is 30.6 Å². The highest BCUT2D eigenvalue weighted by atomic mass is 35.5. The van der Waals surface area contributed by atoms with Crippen LogP contribution < -0.4 is 11.1 Å². The fourth-order valence-corrected chi connectivity index (χ4v) is 1.78. The molecule has 4 nitrogen and oxygen atoms in total. The molecule has 0 aliphatic rings. The van der Waals surface area contributed by atoms with E-state index in [1.807, 2.05) is 6.92 Å². The molecule has 0 fully saturated rings. The van der Waals surface area contributed by atoms with Gasteiger partial charge in [-0.1, -0.05) is 30.1 Å². The molecule has 0 spiro atoms. The lowest BCUT2D eigenvalue weighted by atomic mass is 9.99. The summed E-state index contributed by atoms with van der Waals surface area (Å²) in [5.41, 5.74) is 5.49. The van der Waals surface area contributed by atoms with E-state index in [1.165, 1.54) is 12.1 Å². The number of nitrogens with one attached hydrogen (secondary N) is 1. The number of nitrogen functional groups attached to an aromatic ring is 1. The first-order chi connectivity index (χ1) is 8.33. The van der Waals surface area contributed by atoms with E-state index in [0.717, 1.165) is 0 Å². The van der Waals surface area contributed by atoms with E-state index in [1.54, 1.807) is 6.92 Å². The van der Waals surface area contributed by atoms with E-state index in [2.05, 4.69) is 5.32 Å². The SMILES string of the molecule is CCC(C)(CO)NC(=O)c1cc(N)cc(Cl)c1Cl. The zero-order valence-electron chi connectivity index (χ0n) is 10.3. The van der Waals surface area contributed by atoms with Crippen LogP contribution >= 0.6 is 23.2 Å². The molecule has 0 saturated heterocycles. The second-order valence-corrected chi connectivity index (χ2v) is 5.18. The fourth-order valence-electron chi connectivity index (χ4n) is 1.36. The summed E-state index contributed by atoms with van der Waals surface area (Å²) < 4.78 is 0. The third kappa shape index (κ3) is 3.28. The zero-order chi connectivity index (χ0) is 13.9. The quantitative estimate of drug-likeness (QED) is 0.746. The smallest absolute Gasteiger partial charge is 0.253 e. The van der Waals surface area contributed by atoms with Crippen LogP contribution in [-0.2, 0) is 0 Å². The Morgan fingerprint density at radius 3 is 2.61 bits per heavy atom. The van der Waals surface area contributed by atoms with Crippen molar-refractivity contribution in [1.29, 1.82) is 0 Å². The van der Waals surface area contributed by atoms with Crippen LogP contribution in [0.2, 0.25) is 10.0 Å². The molecule has 100 valence electrons. The molecule has 0 aliphatic heterocycles. The van der Waals surface area contributed by atoms with Crippen molar-refractivity contribution in [2.24, 2.45) is 0 Å². The summed E-state index contributed by atoms with van der Waals surface area (Å²) in [5, 5.41) is 12.4. The molecule has 0 radical (unpaired) electrons. The van der Waals surface area contributed by atoms with Crippen molar-refractivity contribution < 1.29 is 9.90 Å². The van der Waals surface area contributed by atoms with Gasteiger partial charge in [0.1, 0.15) is 0 Å². The molecular formula is C12H16Cl2N2O2. The van der Waals surface area contributed by atoms with E-state index in [9.17, 15) is 9.90 Å². The van der Waals surface area contributed by atoms with Crippen LogP contribution in [0, 0.1) is 0 Å². The van der Waals surface area contributed by atoms with Crippen molar-refractivity contribution in [1.82, 2.24) is 5.32 Å². The molecule has 0 heterocycles. The van der Waals surface area contributed by atoms with Crippen molar-refractivity contribution >= 4 is 34.8 Å². The minimum atomic E-state index is -0.697. The Morgan fingerprint density at radius 1 is 1.50 bits per heavy atom. The number of aliphatic hydroxyl groups excluding tert-OH is 1. The average Bonchev–Trinajstić information content (AvgIpc) is 2.33. The van der Waals surface area contributed by atoms with Crippen molar-refractivity contribution in [3.8, 4) is 0 Å². The number of anilines is 1. The van der Waals surface area contributed by atoms with Gasteiger partial charge in [0.25, 0.3) is 5.91 Å². The number of halogens is 2. The minimum absolute atomic E-state index is 0.153. The number of carbonyl (C=O) groups is 1. The summed E-state index contributed by atoms with van der Waals surface area (Å²) >= 11 is 11.8. The van der Waals surface area contributed by atoms with Crippen LogP contribution in [0.3, 0.4) is 0 Å². The Labute approximate surface area is 116 Å². The van der Waals surface area contributed by atoms with Gasteiger partial charge in [0.2, 0.25) is 0 Å². The number of hydrogen-bond donors (Lipinski definition) is 3. The Balaban J connectivity index is 3.05. The highest BCUT2D eigenvalue weighted by Gasteiger charge is 2.25. The molecule has 1 atom stereocenters. The first kappa shape index (κ1) is 15.1. The van der Waals surface area contributed by atoms with E-state index in [4.69, 9.17) is 28.9 Å². The van der Waals surface area contributed by atoms with E-state index >= 15 is 0 Å². The number of rotatable bonds is 4. The number of aliphatic hydroxyl groups is 1. The normalized spacial score (nSPS) is 14.1. The lowest BCUT2D eigenvalue weighted by Gasteiger charge is -2.27. The molecule has 1 aromatic carbocycles. The van der Waals surface area contributed by atoms with Crippen molar-refractivity contribution in [2.75, 3.05) is 12.3 Å². The Hall–Kier alpha value is -0.970. The third-order valence-electron chi connectivity index (χ3n) is 2.84. The maximum atomic E-state index is 12.1. The lowest BCUT2D eigenvalue weighted by Crippen LogP contribution is -2.48. The number of carbonyl (C=O) groups excluding carboxylic acids is 1. The second kappa shape index (κ2) is 5.78. The molecule has 6 heteroatoms. The second-order valence-electron chi connectivity index (χ2n) is 4.39. The predicted molar refractivity (Wildman–Crippen MR) is 74.1 cm³/mol. The molecule has 1 aromatic rings. The van der Waals surface area contributed by atoms with E-state index < -0.39 is 11.4 Å². The van der Waals surface area contributed by atoms with Gasteiger partial charge in [-0.25, -0.2) is 0 Å². The maximum Gasteiger partial charge on any atom is 0.253 e. The number of nitrogens with two attached hydrogens (primary N) is 1. The molecule has 0 bridgehead atoms. The van der Waals surface area contributed by atoms with Gasteiger partial charge in [-0.3, -0.25) is 4.79 Å². The monoisotopic (exact) mass is 290 g/mol. The van der Waals surface area contributed by atoms with Gasteiger partial charge in [0.15, 0.2) is 0 Å². The van der Waals surface area contributed by atoms with Crippen LogP contribution in [0.5, 0.6) is 0 Å². The molecule has 0 aliphatic carbocycles. The van der Waals surface area contributed by atoms with Crippen LogP contribution in [-0.4, -0.2) is 23.2 Å². The van der Waals surface area contributed by atoms with Gasteiger partial charge in [0.05, 0.1) is 27.8 Å². The Kier molecular flexibility index (Phi) is 4.85. The average molecular weight is 291 g/mol.